The number of carbonyl (C=O) groups excluding carboxylic acids is 1. The van der Waals surface area contributed by atoms with Crippen molar-refractivity contribution in [2.45, 2.75) is 26.4 Å². The Balaban J connectivity index is 1.30. The average molecular weight is 446 g/mol. The highest BCUT2D eigenvalue weighted by Gasteiger charge is 2.37. The number of hydrazone groups is 1. The number of benzene rings is 2. The van der Waals surface area contributed by atoms with Gasteiger partial charge in [0, 0.05) is 13.1 Å². The van der Waals surface area contributed by atoms with Gasteiger partial charge < -0.3 is 9.64 Å². The van der Waals surface area contributed by atoms with Gasteiger partial charge >= 0.3 is 0 Å². The maximum atomic E-state index is 12.6. The SMILES string of the molecule is Cc1ccccc1COc1ccc(/C=C2/C(=N)N3N=C(N4CCCC4)SC3=NC2=O)cc1. The van der Waals surface area contributed by atoms with E-state index in [1.165, 1.54) is 22.3 Å². The van der Waals surface area contributed by atoms with Crippen LogP contribution in [0.2, 0.25) is 0 Å². The predicted octanol–water partition coefficient (Wildman–Crippen LogP) is 4.25. The van der Waals surface area contributed by atoms with Crippen molar-refractivity contribution in [1.82, 2.24) is 9.91 Å². The Hall–Kier alpha value is -3.39. The minimum atomic E-state index is -0.411. The van der Waals surface area contributed by atoms with Crippen LogP contribution >= 0.6 is 11.8 Å². The van der Waals surface area contributed by atoms with E-state index < -0.39 is 5.91 Å². The number of nitrogens with zero attached hydrogens (tertiary/aromatic N) is 4. The molecule has 2 aromatic carbocycles. The summed E-state index contributed by atoms with van der Waals surface area (Å²) in [5.74, 6) is 0.393. The average Bonchev–Trinajstić information content (AvgIpc) is 3.47. The van der Waals surface area contributed by atoms with Crippen molar-refractivity contribution in [3.05, 3.63) is 70.8 Å². The largest absolute Gasteiger partial charge is 0.489 e. The van der Waals surface area contributed by atoms with Gasteiger partial charge in [-0.05, 0) is 66.4 Å². The molecular formula is C24H23N5O2S. The minimum absolute atomic E-state index is 0.0570. The number of nitrogens with one attached hydrogen (secondary N) is 1. The Morgan fingerprint density at radius 3 is 2.59 bits per heavy atom. The van der Waals surface area contributed by atoms with E-state index in [2.05, 4.69) is 34.1 Å². The third-order valence-corrected chi connectivity index (χ3v) is 6.64. The van der Waals surface area contributed by atoms with Crippen LogP contribution in [0.3, 0.4) is 0 Å². The summed E-state index contributed by atoms with van der Waals surface area (Å²) in [6.07, 6.45) is 3.96. The summed E-state index contributed by atoms with van der Waals surface area (Å²) in [5, 5.41) is 15.8. The molecule has 0 aromatic heterocycles. The number of amides is 1. The molecule has 3 heterocycles. The van der Waals surface area contributed by atoms with E-state index in [0.29, 0.717) is 11.8 Å². The molecule has 7 nitrogen and oxygen atoms in total. The Morgan fingerprint density at radius 2 is 1.84 bits per heavy atom. The van der Waals surface area contributed by atoms with Crippen LogP contribution in [0, 0.1) is 12.3 Å². The summed E-state index contributed by atoms with van der Waals surface area (Å²) in [6.45, 7) is 4.47. The maximum Gasteiger partial charge on any atom is 0.283 e. The normalized spacial score (nSPS) is 19.3. The molecule has 0 unspecified atom stereocenters. The van der Waals surface area contributed by atoms with E-state index in [-0.39, 0.29) is 11.4 Å². The number of amidine groups is 3. The molecular weight excluding hydrogens is 422 g/mol. The molecule has 1 fully saturated rings. The number of ether oxygens (including phenoxy) is 1. The van der Waals surface area contributed by atoms with Gasteiger partial charge in [0.1, 0.15) is 12.4 Å². The van der Waals surface area contributed by atoms with E-state index in [4.69, 9.17) is 10.1 Å². The number of aliphatic imine (C=N–C) groups is 1. The Labute approximate surface area is 191 Å². The van der Waals surface area contributed by atoms with Crippen molar-refractivity contribution in [1.29, 1.82) is 5.41 Å². The standard InChI is InChI=1S/C24H23N5O2S/c1-16-6-2-3-7-18(16)15-31-19-10-8-17(9-11-19)14-20-21(25)29-23(26-22(20)30)32-24(27-29)28-12-4-5-13-28/h2-3,6-11,14,25H,4-5,12-13,15H2,1H3/b20-14-,25-21?. The number of rotatable bonds is 4. The number of hydrogen-bond acceptors (Lipinski definition) is 6. The summed E-state index contributed by atoms with van der Waals surface area (Å²) in [6, 6.07) is 15.6. The fraction of sp³-hybridized carbons (Fsp3) is 0.250. The molecule has 1 N–H and O–H groups in total. The zero-order valence-corrected chi connectivity index (χ0v) is 18.6. The molecule has 0 spiro atoms. The second-order valence-corrected chi connectivity index (χ2v) is 8.82. The van der Waals surface area contributed by atoms with Crippen molar-refractivity contribution < 1.29 is 9.53 Å². The van der Waals surface area contributed by atoms with Gasteiger partial charge in [-0.15, -0.1) is 5.10 Å². The van der Waals surface area contributed by atoms with Crippen molar-refractivity contribution >= 4 is 39.9 Å². The van der Waals surface area contributed by atoms with Gasteiger partial charge in [0.2, 0.25) is 5.17 Å². The van der Waals surface area contributed by atoms with Crippen LogP contribution in [-0.4, -0.2) is 45.1 Å². The Morgan fingerprint density at radius 1 is 1.09 bits per heavy atom. The third kappa shape index (κ3) is 4.05. The summed E-state index contributed by atoms with van der Waals surface area (Å²) < 4.78 is 5.89. The number of hydrogen-bond donors (Lipinski definition) is 1. The second kappa shape index (κ2) is 8.63. The smallest absolute Gasteiger partial charge is 0.283 e. The van der Waals surface area contributed by atoms with Crippen molar-refractivity contribution in [3.8, 4) is 5.75 Å². The van der Waals surface area contributed by atoms with E-state index >= 15 is 0 Å². The van der Waals surface area contributed by atoms with Gasteiger partial charge in [0.05, 0.1) is 5.57 Å². The summed E-state index contributed by atoms with van der Waals surface area (Å²) >= 11 is 1.36. The lowest BCUT2D eigenvalue weighted by Gasteiger charge is -2.20. The molecule has 0 aliphatic carbocycles. The summed E-state index contributed by atoms with van der Waals surface area (Å²) in [5.41, 5.74) is 3.37. The molecule has 0 atom stereocenters. The van der Waals surface area contributed by atoms with Crippen molar-refractivity contribution in [3.63, 3.8) is 0 Å². The zero-order valence-electron chi connectivity index (χ0n) is 17.7. The lowest BCUT2D eigenvalue weighted by Crippen LogP contribution is -2.35. The number of thioether (sulfide) groups is 1. The minimum Gasteiger partial charge on any atom is -0.489 e. The molecule has 32 heavy (non-hydrogen) atoms. The number of fused-ring (bicyclic) bond motifs is 1. The van der Waals surface area contributed by atoms with E-state index in [1.807, 2.05) is 36.4 Å². The Bertz CT molecular complexity index is 1160. The molecule has 5 rings (SSSR count). The Kier molecular flexibility index (Phi) is 5.53. The molecule has 162 valence electrons. The first-order chi connectivity index (χ1) is 15.6. The molecule has 3 aliphatic rings. The summed E-state index contributed by atoms with van der Waals surface area (Å²) in [7, 11) is 0. The van der Waals surface area contributed by atoms with E-state index in [9.17, 15) is 4.79 Å². The molecule has 1 saturated heterocycles. The molecule has 3 aliphatic heterocycles. The molecule has 8 heteroatoms. The molecule has 0 saturated carbocycles. The van der Waals surface area contributed by atoms with Crippen molar-refractivity contribution in [2.75, 3.05) is 13.1 Å². The topological polar surface area (TPSA) is 81.3 Å². The fourth-order valence-electron chi connectivity index (χ4n) is 3.78. The van der Waals surface area contributed by atoms with E-state index in [1.54, 1.807) is 6.08 Å². The van der Waals surface area contributed by atoms with Crippen LogP contribution in [0.15, 0.2) is 64.2 Å². The van der Waals surface area contributed by atoms with Crippen LogP contribution in [0.4, 0.5) is 0 Å². The highest BCUT2D eigenvalue weighted by molar-refractivity contribution is 8.26. The lowest BCUT2D eigenvalue weighted by atomic mass is 10.1. The lowest BCUT2D eigenvalue weighted by molar-refractivity contribution is -0.114. The molecule has 0 bridgehead atoms. The number of aryl methyl sites for hydroxylation is 1. The monoisotopic (exact) mass is 445 g/mol. The molecule has 2 aromatic rings. The van der Waals surface area contributed by atoms with Crippen LogP contribution in [0.1, 0.15) is 29.5 Å². The van der Waals surface area contributed by atoms with Gasteiger partial charge in [0.15, 0.2) is 11.0 Å². The van der Waals surface area contributed by atoms with Gasteiger partial charge in [-0.1, -0.05) is 36.4 Å². The zero-order chi connectivity index (χ0) is 22.1. The highest BCUT2D eigenvalue weighted by Crippen LogP contribution is 2.31. The second-order valence-electron chi connectivity index (χ2n) is 7.88. The molecule has 1 amide bonds. The first kappa shape index (κ1) is 20.5. The van der Waals surface area contributed by atoms with Crippen LogP contribution in [0.5, 0.6) is 5.75 Å². The van der Waals surface area contributed by atoms with Gasteiger partial charge in [-0.25, -0.2) is 0 Å². The van der Waals surface area contributed by atoms with Crippen molar-refractivity contribution in [2.24, 2.45) is 10.1 Å². The van der Waals surface area contributed by atoms with Crippen LogP contribution in [-0.2, 0) is 11.4 Å². The van der Waals surface area contributed by atoms with E-state index in [0.717, 1.165) is 48.0 Å². The summed E-state index contributed by atoms with van der Waals surface area (Å²) in [4.78, 5) is 19.0. The van der Waals surface area contributed by atoms with Gasteiger partial charge in [-0.2, -0.15) is 10.0 Å². The van der Waals surface area contributed by atoms with Gasteiger partial charge in [-0.3, -0.25) is 10.2 Å². The fourth-order valence-corrected chi connectivity index (χ4v) is 4.72. The number of carbonyl (C=O) groups is 1. The predicted molar refractivity (Wildman–Crippen MR) is 128 cm³/mol. The first-order valence-corrected chi connectivity index (χ1v) is 11.4. The molecule has 0 radical (unpaired) electrons. The quantitative estimate of drug-likeness (QED) is 0.712. The van der Waals surface area contributed by atoms with Gasteiger partial charge in [0.25, 0.3) is 5.91 Å². The number of likely N-dealkylation sites (tertiary alicyclic amines) is 1. The first-order valence-electron chi connectivity index (χ1n) is 10.6. The third-order valence-electron chi connectivity index (χ3n) is 5.67. The van der Waals surface area contributed by atoms with Crippen LogP contribution < -0.4 is 4.74 Å². The maximum absolute atomic E-state index is 12.6. The highest BCUT2D eigenvalue weighted by atomic mass is 32.2. The van der Waals surface area contributed by atoms with Crippen LogP contribution in [0.25, 0.3) is 6.08 Å².